The topological polar surface area (TPSA) is 82.0 Å². The molecule has 2 saturated heterocycles. The molecule has 3 rings (SSSR count). The zero-order chi connectivity index (χ0) is 17.8. The first-order valence-electron chi connectivity index (χ1n) is 8.76. The highest BCUT2D eigenvalue weighted by atomic mass is 16.6. The normalized spacial score (nSPS) is 19.7. The Morgan fingerprint density at radius 3 is 2.24 bits per heavy atom. The van der Waals surface area contributed by atoms with Crippen LogP contribution < -0.4 is 10.2 Å². The average molecular weight is 347 g/mol. The third-order valence-electron chi connectivity index (χ3n) is 5.04. The second kappa shape index (κ2) is 7.69. The van der Waals surface area contributed by atoms with E-state index in [0.29, 0.717) is 13.1 Å². The van der Waals surface area contributed by atoms with Crippen LogP contribution in [0.4, 0.5) is 16.2 Å². The molecule has 0 saturated carbocycles. The standard InChI is InChI=1S/C17H25N5O3/c1-19-8-6-14(7-9-19)18-17(23)21-12-10-20(11-13-21)15-2-4-16(5-3-15)22(24)25/h2-5,14H,6-13H2,1H3,(H,18,23). The lowest BCUT2D eigenvalue weighted by atomic mass is 10.1. The van der Waals surface area contributed by atoms with Crippen LogP contribution in [0, 0.1) is 10.1 Å². The minimum absolute atomic E-state index is 0.0258. The van der Waals surface area contributed by atoms with Gasteiger partial charge in [-0.2, -0.15) is 0 Å². The highest BCUT2D eigenvalue weighted by molar-refractivity contribution is 5.75. The molecule has 2 amide bonds. The maximum Gasteiger partial charge on any atom is 0.317 e. The summed E-state index contributed by atoms with van der Waals surface area (Å²) in [6.07, 6.45) is 2.01. The van der Waals surface area contributed by atoms with Crippen molar-refractivity contribution in [2.45, 2.75) is 18.9 Å². The summed E-state index contributed by atoms with van der Waals surface area (Å²) < 4.78 is 0. The van der Waals surface area contributed by atoms with Crippen molar-refractivity contribution in [2.24, 2.45) is 0 Å². The van der Waals surface area contributed by atoms with Gasteiger partial charge in [-0.15, -0.1) is 0 Å². The Kier molecular flexibility index (Phi) is 5.37. The molecule has 8 heteroatoms. The van der Waals surface area contributed by atoms with Crippen molar-refractivity contribution in [3.8, 4) is 0 Å². The summed E-state index contributed by atoms with van der Waals surface area (Å²) in [7, 11) is 2.11. The largest absolute Gasteiger partial charge is 0.368 e. The minimum Gasteiger partial charge on any atom is -0.368 e. The van der Waals surface area contributed by atoms with E-state index < -0.39 is 4.92 Å². The first-order chi connectivity index (χ1) is 12.0. The Morgan fingerprint density at radius 2 is 1.68 bits per heavy atom. The zero-order valence-corrected chi connectivity index (χ0v) is 14.6. The summed E-state index contributed by atoms with van der Waals surface area (Å²) in [5.41, 5.74) is 1.06. The van der Waals surface area contributed by atoms with Gasteiger partial charge in [0.1, 0.15) is 0 Å². The van der Waals surface area contributed by atoms with Crippen molar-refractivity contribution in [1.29, 1.82) is 0 Å². The van der Waals surface area contributed by atoms with Crippen molar-refractivity contribution >= 4 is 17.4 Å². The van der Waals surface area contributed by atoms with E-state index in [0.717, 1.165) is 44.7 Å². The Bertz CT molecular complexity index is 605. The highest BCUT2D eigenvalue weighted by Crippen LogP contribution is 2.20. The lowest BCUT2D eigenvalue weighted by Crippen LogP contribution is -2.54. The molecule has 2 fully saturated rings. The fraction of sp³-hybridized carbons (Fsp3) is 0.588. The van der Waals surface area contributed by atoms with Crippen LogP contribution in [-0.4, -0.2) is 73.1 Å². The first-order valence-corrected chi connectivity index (χ1v) is 8.76. The van der Waals surface area contributed by atoms with Crippen molar-refractivity contribution in [2.75, 3.05) is 51.2 Å². The molecule has 0 atom stereocenters. The van der Waals surface area contributed by atoms with E-state index in [2.05, 4.69) is 22.2 Å². The summed E-state index contributed by atoms with van der Waals surface area (Å²) in [5, 5.41) is 13.9. The van der Waals surface area contributed by atoms with Crippen LogP contribution >= 0.6 is 0 Å². The van der Waals surface area contributed by atoms with Crippen LogP contribution in [-0.2, 0) is 0 Å². The SMILES string of the molecule is CN1CCC(NC(=O)N2CCN(c3ccc([N+](=O)[O-])cc3)CC2)CC1. The number of piperazine rings is 1. The van der Waals surface area contributed by atoms with Gasteiger partial charge < -0.3 is 20.0 Å². The van der Waals surface area contributed by atoms with Gasteiger partial charge in [-0.25, -0.2) is 4.79 Å². The molecule has 0 radical (unpaired) electrons. The predicted octanol–water partition coefficient (Wildman–Crippen LogP) is 1.52. The molecule has 1 aromatic carbocycles. The van der Waals surface area contributed by atoms with Crippen molar-refractivity contribution in [1.82, 2.24) is 15.1 Å². The molecule has 0 unspecified atom stereocenters. The Hall–Kier alpha value is -2.35. The van der Waals surface area contributed by atoms with Crippen LogP contribution in [0.1, 0.15) is 12.8 Å². The molecule has 2 aliphatic rings. The molecule has 136 valence electrons. The average Bonchev–Trinajstić information content (AvgIpc) is 2.64. The molecule has 1 N–H and O–H groups in total. The predicted molar refractivity (Wildman–Crippen MR) is 95.9 cm³/mol. The summed E-state index contributed by atoms with van der Waals surface area (Å²) in [6.45, 7) is 4.85. The number of nitrogens with one attached hydrogen (secondary N) is 1. The number of urea groups is 1. The second-order valence-electron chi connectivity index (χ2n) is 6.77. The molecule has 0 aliphatic carbocycles. The number of carbonyl (C=O) groups is 1. The number of likely N-dealkylation sites (tertiary alicyclic amines) is 1. The number of rotatable bonds is 3. The second-order valence-corrected chi connectivity index (χ2v) is 6.77. The fourth-order valence-electron chi connectivity index (χ4n) is 3.37. The lowest BCUT2D eigenvalue weighted by Gasteiger charge is -2.37. The number of hydrogen-bond acceptors (Lipinski definition) is 5. The van der Waals surface area contributed by atoms with Crippen LogP contribution in [0.25, 0.3) is 0 Å². The van der Waals surface area contributed by atoms with E-state index in [1.807, 2.05) is 4.90 Å². The van der Waals surface area contributed by atoms with Gasteiger partial charge >= 0.3 is 6.03 Å². The van der Waals surface area contributed by atoms with Gasteiger partial charge in [0.25, 0.3) is 5.69 Å². The summed E-state index contributed by atoms with van der Waals surface area (Å²) in [5.74, 6) is 0. The number of anilines is 1. The van der Waals surface area contributed by atoms with E-state index in [9.17, 15) is 14.9 Å². The Balaban J connectivity index is 1.48. The summed E-state index contributed by atoms with van der Waals surface area (Å²) in [4.78, 5) is 29.1. The Labute approximate surface area is 147 Å². The first kappa shape index (κ1) is 17.5. The molecular weight excluding hydrogens is 322 g/mol. The van der Waals surface area contributed by atoms with Crippen LogP contribution in [0.5, 0.6) is 0 Å². The monoisotopic (exact) mass is 347 g/mol. The molecule has 0 bridgehead atoms. The van der Waals surface area contributed by atoms with E-state index in [-0.39, 0.29) is 17.8 Å². The number of nitro groups is 1. The number of nitrogens with zero attached hydrogens (tertiary/aromatic N) is 4. The fourth-order valence-corrected chi connectivity index (χ4v) is 3.37. The molecule has 2 aliphatic heterocycles. The van der Waals surface area contributed by atoms with E-state index >= 15 is 0 Å². The number of carbonyl (C=O) groups excluding carboxylic acids is 1. The van der Waals surface area contributed by atoms with Crippen LogP contribution in [0.3, 0.4) is 0 Å². The zero-order valence-electron chi connectivity index (χ0n) is 14.6. The number of nitro benzene ring substituents is 1. The summed E-state index contributed by atoms with van der Waals surface area (Å²) >= 11 is 0. The number of benzene rings is 1. The van der Waals surface area contributed by atoms with E-state index in [1.165, 1.54) is 12.1 Å². The molecule has 1 aromatic rings. The quantitative estimate of drug-likeness (QED) is 0.662. The van der Waals surface area contributed by atoms with E-state index in [1.54, 1.807) is 12.1 Å². The molecule has 8 nitrogen and oxygen atoms in total. The van der Waals surface area contributed by atoms with Gasteiger partial charge in [0, 0.05) is 50.0 Å². The molecule has 25 heavy (non-hydrogen) atoms. The van der Waals surface area contributed by atoms with Gasteiger partial charge in [-0.3, -0.25) is 10.1 Å². The summed E-state index contributed by atoms with van der Waals surface area (Å²) in [6, 6.07) is 6.89. The molecular formula is C17H25N5O3. The number of piperidine rings is 1. The van der Waals surface area contributed by atoms with Gasteiger partial charge in [0.15, 0.2) is 0 Å². The number of hydrogen-bond donors (Lipinski definition) is 1. The van der Waals surface area contributed by atoms with Gasteiger partial charge in [0.05, 0.1) is 4.92 Å². The van der Waals surface area contributed by atoms with Crippen molar-refractivity contribution in [3.05, 3.63) is 34.4 Å². The van der Waals surface area contributed by atoms with Gasteiger partial charge in [0.2, 0.25) is 0 Å². The highest BCUT2D eigenvalue weighted by Gasteiger charge is 2.25. The van der Waals surface area contributed by atoms with Crippen LogP contribution in [0.2, 0.25) is 0 Å². The minimum atomic E-state index is -0.394. The molecule has 0 spiro atoms. The van der Waals surface area contributed by atoms with Crippen LogP contribution in [0.15, 0.2) is 24.3 Å². The number of non-ortho nitro benzene ring substituents is 1. The molecule has 2 heterocycles. The maximum absolute atomic E-state index is 12.4. The van der Waals surface area contributed by atoms with Crippen molar-refractivity contribution < 1.29 is 9.72 Å². The number of amides is 2. The Morgan fingerprint density at radius 1 is 1.08 bits per heavy atom. The van der Waals surface area contributed by atoms with Crippen molar-refractivity contribution in [3.63, 3.8) is 0 Å². The van der Waals surface area contributed by atoms with E-state index in [4.69, 9.17) is 0 Å². The third-order valence-corrected chi connectivity index (χ3v) is 5.04. The third kappa shape index (κ3) is 4.39. The maximum atomic E-state index is 12.4. The smallest absolute Gasteiger partial charge is 0.317 e. The lowest BCUT2D eigenvalue weighted by molar-refractivity contribution is -0.384. The van der Waals surface area contributed by atoms with Gasteiger partial charge in [-0.05, 0) is 45.1 Å². The molecule has 0 aromatic heterocycles. The van der Waals surface area contributed by atoms with Gasteiger partial charge in [-0.1, -0.05) is 0 Å².